The van der Waals surface area contributed by atoms with E-state index in [9.17, 15) is 0 Å². The maximum atomic E-state index is 5.67. The van der Waals surface area contributed by atoms with Crippen molar-refractivity contribution in [3.63, 3.8) is 0 Å². The molecule has 0 saturated heterocycles. The fraction of sp³-hybridized carbons (Fsp3) is 0.182. The quantitative estimate of drug-likeness (QED) is 0.910. The van der Waals surface area contributed by atoms with Crippen LogP contribution in [0.4, 0.5) is 10.8 Å². The number of nitrogen functional groups attached to an aromatic ring is 1. The Morgan fingerprint density at radius 3 is 3.06 bits per heavy atom. The van der Waals surface area contributed by atoms with E-state index in [1.54, 1.807) is 7.11 Å². The number of hydrogen-bond donors (Lipinski definition) is 2. The molecule has 2 rings (SSSR count). The lowest BCUT2D eigenvalue weighted by Gasteiger charge is -2.06. The van der Waals surface area contributed by atoms with Gasteiger partial charge < -0.3 is 15.8 Å². The first-order valence-corrected chi connectivity index (χ1v) is 6.55. The summed E-state index contributed by atoms with van der Waals surface area (Å²) < 4.78 is 10.3. The molecule has 0 radical (unpaired) electrons. The van der Waals surface area contributed by atoms with Gasteiger partial charge in [0.1, 0.15) is 0 Å². The molecule has 2 aromatic rings. The van der Waals surface area contributed by atoms with Gasteiger partial charge >= 0.3 is 0 Å². The number of methoxy groups -OCH3 is 1. The van der Waals surface area contributed by atoms with E-state index in [-0.39, 0.29) is 0 Å². The summed E-state index contributed by atoms with van der Waals surface area (Å²) in [5.74, 6) is 1.04. The second-order valence-corrected chi connectivity index (χ2v) is 5.10. The lowest BCUT2D eigenvalue weighted by Crippen LogP contribution is -1.99. The molecule has 17 heavy (non-hydrogen) atoms. The average Bonchev–Trinajstić information content (AvgIpc) is 2.67. The molecule has 1 heterocycles. The summed E-state index contributed by atoms with van der Waals surface area (Å²) in [6, 6.07) is 8.10. The minimum Gasteiger partial charge on any atom is -0.490 e. The zero-order valence-electron chi connectivity index (χ0n) is 9.24. The van der Waals surface area contributed by atoms with Gasteiger partial charge in [-0.15, -0.1) is 0 Å². The lowest BCUT2D eigenvalue weighted by atomic mass is 10.2. The maximum Gasteiger partial charge on any atom is 0.197 e. The van der Waals surface area contributed by atoms with Crippen molar-refractivity contribution in [1.82, 2.24) is 4.37 Å². The molecule has 0 amide bonds. The highest BCUT2D eigenvalue weighted by atomic mass is 79.9. The largest absolute Gasteiger partial charge is 0.490 e. The molecular formula is C11H12BrN3OS. The number of ether oxygens (including phenoxy) is 1. The molecular weight excluding hydrogens is 302 g/mol. The normalized spacial score (nSPS) is 10.2. The van der Waals surface area contributed by atoms with E-state index in [1.807, 2.05) is 12.1 Å². The fourth-order valence-electron chi connectivity index (χ4n) is 1.43. The predicted octanol–water partition coefficient (Wildman–Crippen LogP) is 3.11. The van der Waals surface area contributed by atoms with Gasteiger partial charge in [-0.25, -0.2) is 0 Å². The number of aromatic nitrogens is 1. The Balaban J connectivity index is 2.07. The molecule has 0 unspecified atom stereocenters. The number of rotatable bonds is 4. The van der Waals surface area contributed by atoms with Gasteiger partial charge in [0.05, 0.1) is 7.11 Å². The first-order chi connectivity index (χ1) is 8.20. The fourth-order valence-corrected chi connectivity index (χ4v) is 2.56. The van der Waals surface area contributed by atoms with E-state index in [0.717, 1.165) is 9.47 Å². The van der Waals surface area contributed by atoms with Crippen LogP contribution in [0.2, 0.25) is 0 Å². The molecule has 4 nitrogen and oxygen atoms in total. The van der Waals surface area contributed by atoms with E-state index in [0.29, 0.717) is 18.1 Å². The second-order valence-electron chi connectivity index (χ2n) is 3.41. The standard InChI is InChI=1S/C11H12BrN3OS/c1-16-9-10(13)15-17-11(9)14-6-7-3-2-4-8(12)5-7/h2-5,14H,6H2,1H3,(H2,13,15). The lowest BCUT2D eigenvalue weighted by molar-refractivity contribution is 0.419. The molecule has 0 bridgehead atoms. The van der Waals surface area contributed by atoms with E-state index < -0.39 is 0 Å². The molecule has 3 N–H and O–H groups in total. The smallest absolute Gasteiger partial charge is 0.197 e. The number of benzene rings is 1. The Labute approximate surface area is 112 Å². The summed E-state index contributed by atoms with van der Waals surface area (Å²) in [4.78, 5) is 0. The zero-order chi connectivity index (χ0) is 12.3. The molecule has 0 aliphatic rings. The summed E-state index contributed by atoms with van der Waals surface area (Å²) in [5, 5.41) is 4.11. The SMILES string of the molecule is COc1c(N)nsc1NCc1cccc(Br)c1. The Hall–Kier alpha value is -1.27. The summed E-state index contributed by atoms with van der Waals surface area (Å²) >= 11 is 4.74. The van der Waals surface area contributed by atoms with Crippen LogP contribution in [0.3, 0.4) is 0 Å². The molecule has 1 aromatic carbocycles. The van der Waals surface area contributed by atoms with Crippen LogP contribution in [0.5, 0.6) is 5.75 Å². The zero-order valence-corrected chi connectivity index (χ0v) is 11.6. The van der Waals surface area contributed by atoms with Gasteiger partial charge in [-0.2, -0.15) is 4.37 Å². The van der Waals surface area contributed by atoms with Crippen molar-refractivity contribution in [3.05, 3.63) is 34.3 Å². The molecule has 0 saturated carbocycles. The first-order valence-electron chi connectivity index (χ1n) is 4.98. The molecule has 0 spiro atoms. The minimum atomic E-state index is 0.425. The molecule has 0 aliphatic carbocycles. The van der Waals surface area contributed by atoms with E-state index in [4.69, 9.17) is 10.5 Å². The van der Waals surface area contributed by atoms with Gasteiger partial charge in [0.15, 0.2) is 16.6 Å². The summed E-state index contributed by atoms with van der Waals surface area (Å²) in [6.07, 6.45) is 0. The summed E-state index contributed by atoms with van der Waals surface area (Å²) in [7, 11) is 1.59. The third-order valence-electron chi connectivity index (χ3n) is 2.22. The summed E-state index contributed by atoms with van der Waals surface area (Å²) in [6.45, 7) is 0.706. The van der Waals surface area contributed by atoms with Crippen molar-refractivity contribution in [2.45, 2.75) is 6.54 Å². The highest BCUT2D eigenvalue weighted by molar-refractivity contribution is 9.10. The van der Waals surface area contributed by atoms with Gasteiger partial charge in [0, 0.05) is 11.0 Å². The number of halogens is 1. The van der Waals surface area contributed by atoms with Gasteiger partial charge in [-0.1, -0.05) is 28.1 Å². The topological polar surface area (TPSA) is 60.2 Å². The van der Waals surface area contributed by atoms with Crippen LogP contribution in [-0.2, 0) is 6.54 Å². The van der Waals surface area contributed by atoms with Crippen molar-refractivity contribution < 1.29 is 4.74 Å². The number of anilines is 2. The highest BCUT2D eigenvalue weighted by Crippen LogP contribution is 2.34. The second kappa shape index (κ2) is 5.37. The number of nitrogens with two attached hydrogens (primary N) is 1. The third kappa shape index (κ3) is 2.89. The van der Waals surface area contributed by atoms with E-state index in [1.165, 1.54) is 17.1 Å². The van der Waals surface area contributed by atoms with E-state index >= 15 is 0 Å². The Kier molecular flexibility index (Phi) is 3.86. The van der Waals surface area contributed by atoms with E-state index in [2.05, 4.69) is 37.8 Å². The Bertz CT molecular complexity index is 515. The van der Waals surface area contributed by atoms with Gasteiger partial charge in [0.25, 0.3) is 0 Å². The van der Waals surface area contributed by atoms with Crippen LogP contribution in [0.15, 0.2) is 28.7 Å². The van der Waals surface area contributed by atoms with Crippen LogP contribution in [0.1, 0.15) is 5.56 Å². The van der Waals surface area contributed by atoms with Crippen LogP contribution in [-0.4, -0.2) is 11.5 Å². The molecule has 0 aliphatic heterocycles. The minimum absolute atomic E-state index is 0.425. The average molecular weight is 314 g/mol. The van der Waals surface area contributed by atoms with Crippen molar-refractivity contribution >= 4 is 38.3 Å². The molecule has 6 heteroatoms. The van der Waals surface area contributed by atoms with Crippen molar-refractivity contribution in [1.29, 1.82) is 0 Å². The molecule has 1 aromatic heterocycles. The van der Waals surface area contributed by atoms with Crippen molar-refractivity contribution in [2.75, 3.05) is 18.2 Å². The molecule has 0 fully saturated rings. The third-order valence-corrected chi connectivity index (χ3v) is 3.51. The molecule has 90 valence electrons. The number of nitrogens with zero attached hydrogens (tertiary/aromatic N) is 1. The molecule has 0 atom stereocenters. The Morgan fingerprint density at radius 2 is 2.35 bits per heavy atom. The van der Waals surface area contributed by atoms with Gasteiger partial charge in [-0.05, 0) is 29.2 Å². The first kappa shape index (κ1) is 12.2. The number of hydrogen-bond acceptors (Lipinski definition) is 5. The van der Waals surface area contributed by atoms with Gasteiger partial charge in [0.2, 0.25) is 0 Å². The van der Waals surface area contributed by atoms with Crippen molar-refractivity contribution in [3.8, 4) is 5.75 Å². The maximum absolute atomic E-state index is 5.67. The van der Waals surface area contributed by atoms with Crippen LogP contribution >= 0.6 is 27.5 Å². The predicted molar refractivity (Wildman–Crippen MR) is 74.5 cm³/mol. The van der Waals surface area contributed by atoms with Crippen LogP contribution in [0.25, 0.3) is 0 Å². The Morgan fingerprint density at radius 1 is 1.53 bits per heavy atom. The number of nitrogens with one attached hydrogen (secondary N) is 1. The highest BCUT2D eigenvalue weighted by Gasteiger charge is 2.11. The van der Waals surface area contributed by atoms with Gasteiger partial charge in [-0.3, -0.25) is 0 Å². The van der Waals surface area contributed by atoms with Crippen molar-refractivity contribution in [2.24, 2.45) is 0 Å². The summed E-state index contributed by atoms with van der Waals surface area (Å²) in [5.41, 5.74) is 6.85. The van der Waals surface area contributed by atoms with Crippen LogP contribution < -0.4 is 15.8 Å². The van der Waals surface area contributed by atoms with Crippen LogP contribution in [0, 0.1) is 0 Å². The monoisotopic (exact) mass is 313 g/mol.